The molecule has 3 heterocycles. The van der Waals surface area contributed by atoms with Gasteiger partial charge in [-0.3, -0.25) is 9.78 Å². The van der Waals surface area contributed by atoms with E-state index in [1.807, 2.05) is 25.1 Å². The number of thiophene rings is 1. The summed E-state index contributed by atoms with van der Waals surface area (Å²) >= 11 is 1.59. The fourth-order valence-electron chi connectivity index (χ4n) is 1.91. The van der Waals surface area contributed by atoms with Crippen LogP contribution in [0.1, 0.15) is 16.1 Å². The monoisotopic (exact) mass is 285 g/mol. The van der Waals surface area contributed by atoms with E-state index in [1.54, 1.807) is 29.8 Å². The van der Waals surface area contributed by atoms with E-state index in [9.17, 15) is 4.79 Å². The summed E-state index contributed by atoms with van der Waals surface area (Å²) < 4.78 is 5.16. The molecule has 0 aliphatic carbocycles. The van der Waals surface area contributed by atoms with Gasteiger partial charge in [0.2, 0.25) is 0 Å². The Balaban J connectivity index is 2.00. The standard InChI is InChI=1S/C14H11N3O2S/c1-8-6-12(11-4-5-17-19-11)20-13(8)9-2-3-10(14(15)18)16-7-9/h2-7H,1H3,(H2,15,18). The van der Waals surface area contributed by atoms with Crippen LogP contribution in [0.3, 0.4) is 0 Å². The van der Waals surface area contributed by atoms with Crippen LogP contribution in [-0.2, 0) is 0 Å². The zero-order valence-corrected chi connectivity index (χ0v) is 11.5. The molecule has 0 aromatic carbocycles. The molecule has 0 unspecified atom stereocenters. The van der Waals surface area contributed by atoms with E-state index in [-0.39, 0.29) is 5.69 Å². The number of pyridine rings is 1. The molecule has 0 fully saturated rings. The highest BCUT2D eigenvalue weighted by atomic mass is 32.1. The zero-order chi connectivity index (χ0) is 14.1. The molecule has 1 amide bonds. The van der Waals surface area contributed by atoms with Crippen molar-refractivity contribution >= 4 is 17.2 Å². The molecule has 3 aromatic heterocycles. The maximum absolute atomic E-state index is 11.0. The van der Waals surface area contributed by atoms with Gasteiger partial charge >= 0.3 is 0 Å². The Morgan fingerprint density at radius 2 is 2.20 bits per heavy atom. The summed E-state index contributed by atoms with van der Waals surface area (Å²) in [6, 6.07) is 7.34. The van der Waals surface area contributed by atoms with Gasteiger partial charge in [-0.15, -0.1) is 11.3 Å². The second-order valence-corrected chi connectivity index (χ2v) is 5.35. The van der Waals surface area contributed by atoms with Crippen LogP contribution >= 0.6 is 11.3 Å². The minimum absolute atomic E-state index is 0.262. The number of nitrogens with two attached hydrogens (primary N) is 1. The molecule has 3 aromatic rings. The summed E-state index contributed by atoms with van der Waals surface area (Å²) in [7, 11) is 0. The van der Waals surface area contributed by atoms with Gasteiger partial charge in [0.05, 0.1) is 11.1 Å². The van der Waals surface area contributed by atoms with E-state index in [4.69, 9.17) is 10.3 Å². The van der Waals surface area contributed by atoms with Crippen LogP contribution in [0.2, 0.25) is 0 Å². The highest BCUT2D eigenvalue weighted by Crippen LogP contribution is 2.37. The maximum atomic E-state index is 11.0. The van der Waals surface area contributed by atoms with Crippen LogP contribution in [0.15, 0.2) is 41.2 Å². The molecule has 0 saturated carbocycles. The lowest BCUT2D eigenvalue weighted by Gasteiger charge is -2.00. The number of carbonyl (C=O) groups is 1. The molecular formula is C14H11N3O2S. The van der Waals surface area contributed by atoms with E-state index < -0.39 is 5.91 Å². The summed E-state index contributed by atoms with van der Waals surface area (Å²) in [4.78, 5) is 17.2. The van der Waals surface area contributed by atoms with Crippen LogP contribution in [0, 0.1) is 6.92 Å². The Morgan fingerprint density at radius 1 is 1.35 bits per heavy atom. The van der Waals surface area contributed by atoms with Crippen LogP contribution in [0.5, 0.6) is 0 Å². The molecule has 0 aliphatic heterocycles. The van der Waals surface area contributed by atoms with E-state index in [0.717, 1.165) is 26.6 Å². The third-order valence-corrected chi connectivity index (χ3v) is 4.18. The summed E-state index contributed by atoms with van der Waals surface area (Å²) in [5.41, 5.74) is 7.51. The predicted molar refractivity (Wildman–Crippen MR) is 76.3 cm³/mol. The van der Waals surface area contributed by atoms with Gasteiger partial charge in [-0.25, -0.2) is 0 Å². The molecule has 5 nitrogen and oxygen atoms in total. The van der Waals surface area contributed by atoms with Crippen molar-refractivity contribution in [2.75, 3.05) is 0 Å². The summed E-state index contributed by atoms with van der Waals surface area (Å²) in [6.07, 6.45) is 3.27. The first-order valence-corrected chi connectivity index (χ1v) is 6.74. The highest BCUT2D eigenvalue weighted by Gasteiger charge is 2.12. The van der Waals surface area contributed by atoms with Crippen LogP contribution in [0.25, 0.3) is 21.1 Å². The van der Waals surface area contributed by atoms with E-state index >= 15 is 0 Å². The van der Waals surface area contributed by atoms with Gasteiger partial charge in [0.1, 0.15) is 5.69 Å². The van der Waals surface area contributed by atoms with Gasteiger partial charge in [0.25, 0.3) is 5.91 Å². The van der Waals surface area contributed by atoms with Crippen LogP contribution < -0.4 is 5.73 Å². The number of primary amides is 1. The minimum atomic E-state index is -0.526. The summed E-state index contributed by atoms with van der Waals surface area (Å²) in [5, 5.41) is 3.71. The molecule has 0 aliphatic rings. The molecular weight excluding hydrogens is 274 g/mol. The zero-order valence-electron chi connectivity index (χ0n) is 10.7. The van der Waals surface area contributed by atoms with Crippen LogP contribution in [0.4, 0.5) is 0 Å². The number of carbonyl (C=O) groups excluding carboxylic acids is 1. The molecule has 0 radical (unpaired) electrons. The first-order chi connectivity index (χ1) is 9.65. The summed E-state index contributed by atoms with van der Waals surface area (Å²) in [6.45, 7) is 2.02. The van der Waals surface area contributed by atoms with E-state index in [1.165, 1.54) is 0 Å². The number of nitrogens with zero attached hydrogens (tertiary/aromatic N) is 2. The lowest BCUT2D eigenvalue weighted by atomic mass is 10.1. The molecule has 0 saturated heterocycles. The number of aryl methyl sites for hydroxylation is 1. The van der Waals surface area contributed by atoms with Crippen molar-refractivity contribution in [2.45, 2.75) is 6.92 Å². The minimum Gasteiger partial charge on any atom is -0.364 e. The lowest BCUT2D eigenvalue weighted by Crippen LogP contribution is -2.12. The smallest absolute Gasteiger partial charge is 0.267 e. The normalized spacial score (nSPS) is 10.7. The molecule has 2 N–H and O–H groups in total. The average molecular weight is 285 g/mol. The van der Waals surface area contributed by atoms with Gasteiger partial charge in [-0.1, -0.05) is 5.16 Å². The fourth-order valence-corrected chi connectivity index (χ4v) is 3.03. The Labute approximate surface area is 119 Å². The van der Waals surface area contributed by atoms with Crippen molar-refractivity contribution in [2.24, 2.45) is 5.73 Å². The Hall–Kier alpha value is -2.47. The van der Waals surface area contributed by atoms with E-state index in [2.05, 4.69) is 10.1 Å². The predicted octanol–water partition coefficient (Wildman–Crippen LogP) is 2.87. The SMILES string of the molecule is Cc1cc(-c2ccno2)sc1-c1ccc(C(N)=O)nc1. The van der Waals surface area contributed by atoms with Crippen molar-refractivity contribution in [1.82, 2.24) is 10.1 Å². The average Bonchev–Trinajstić information content (AvgIpc) is 3.08. The van der Waals surface area contributed by atoms with Gasteiger partial charge in [0, 0.05) is 22.7 Å². The first kappa shape index (κ1) is 12.6. The molecule has 100 valence electrons. The number of rotatable bonds is 3. The van der Waals surface area contributed by atoms with Crippen molar-refractivity contribution in [3.8, 4) is 21.1 Å². The number of hydrogen-bond donors (Lipinski definition) is 1. The Bertz CT molecular complexity index is 745. The maximum Gasteiger partial charge on any atom is 0.267 e. The number of amides is 1. The van der Waals surface area contributed by atoms with Gasteiger partial charge in [-0.2, -0.15) is 0 Å². The molecule has 0 spiro atoms. The second kappa shape index (κ2) is 4.90. The molecule has 0 atom stereocenters. The topological polar surface area (TPSA) is 82.0 Å². The van der Waals surface area contributed by atoms with Crippen LogP contribution in [-0.4, -0.2) is 16.0 Å². The van der Waals surface area contributed by atoms with Gasteiger partial charge in [-0.05, 0) is 30.7 Å². The molecule has 6 heteroatoms. The van der Waals surface area contributed by atoms with E-state index in [0.29, 0.717) is 0 Å². The number of aromatic nitrogens is 2. The Morgan fingerprint density at radius 3 is 2.80 bits per heavy atom. The lowest BCUT2D eigenvalue weighted by molar-refractivity contribution is 0.0995. The van der Waals surface area contributed by atoms with Gasteiger partial charge in [0.15, 0.2) is 5.76 Å². The second-order valence-electron chi connectivity index (χ2n) is 4.30. The quantitative estimate of drug-likeness (QED) is 0.802. The van der Waals surface area contributed by atoms with Crippen molar-refractivity contribution in [1.29, 1.82) is 0 Å². The highest BCUT2D eigenvalue weighted by molar-refractivity contribution is 7.19. The molecule has 0 bridgehead atoms. The summed E-state index contributed by atoms with van der Waals surface area (Å²) in [5.74, 6) is 0.216. The Kier molecular flexibility index (Phi) is 3.08. The first-order valence-electron chi connectivity index (χ1n) is 5.93. The third-order valence-electron chi connectivity index (χ3n) is 2.88. The van der Waals surface area contributed by atoms with Crippen molar-refractivity contribution < 1.29 is 9.32 Å². The van der Waals surface area contributed by atoms with Crippen molar-refractivity contribution in [3.05, 3.63) is 47.9 Å². The fraction of sp³-hybridized carbons (Fsp3) is 0.0714. The molecule has 20 heavy (non-hydrogen) atoms. The number of hydrogen-bond acceptors (Lipinski definition) is 5. The largest absolute Gasteiger partial charge is 0.364 e. The van der Waals surface area contributed by atoms with Crippen molar-refractivity contribution in [3.63, 3.8) is 0 Å². The third kappa shape index (κ3) is 2.21. The van der Waals surface area contributed by atoms with Gasteiger partial charge < -0.3 is 10.3 Å². The molecule has 3 rings (SSSR count).